The number of aromatic nitrogens is 2. The van der Waals surface area contributed by atoms with E-state index in [1.807, 2.05) is 23.1 Å². The molecule has 2 heterocycles. The van der Waals surface area contributed by atoms with Gasteiger partial charge in [0.1, 0.15) is 5.82 Å². The summed E-state index contributed by atoms with van der Waals surface area (Å²) in [5.41, 5.74) is 0.669. The first-order valence-electron chi connectivity index (χ1n) is 8.94. The molecule has 1 N–H and O–H groups in total. The molecule has 0 radical (unpaired) electrons. The van der Waals surface area contributed by atoms with Crippen LogP contribution in [0.25, 0.3) is 10.9 Å². The van der Waals surface area contributed by atoms with Gasteiger partial charge in [0.15, 0.2) is 5.82 Å². The Labute approximate surface area is 162 Å². The summed E-state index contributed by atoms with van der Waals surface area (Å²) in [6.45, 7) is 3.11. The number of hydrogen-bond acceptors (Lipinski definition) is 6. The van der Waals surface area contributed by atoms with E-state index >= 15 is 0 Å². The Kier molecular flexibility index (Phi) is 4.86. The normalized spacial score (nSPS) is 15.0. The fourth-order valence-electron chi connectivity index (χ4n) is 3.17. The van der Waals surface area contributed by atoms with E-state index in [1.54, 1.807) is 6.07 Å². The Bertz CT molecular complexity index is 1100. The molecule has 4 rings (SSSR count). The van der Waals surface area contributed by atoms with Gasteiger partial charge in [0.25, 0.3) is 10.0 Å². The van der Waals surface area contributed by atoms with Crippen LogP contribution in [0.5, 0.6) is 0 Å². The molecule has 0 aliphatic carbocycles. The molecule has 0 atom stereocenters. The van der Waals surface area contributed by atoms with Crippen LogP contribution >= 0.6 is 0 Å². The zero-order valence-corrected chi connectivity index (χ0v) is 16.2. The summed E-state index contributed by atoms with van der Waals surface area (Å²) in [5, 5.41) is 3.91. The monoisotopic (exact) mass is 401 g/mol. The van der Waals surface area contributed by atoms with Gasteiger partial charge in [0.2, 0.25) is 5.95 Å². The Morgan fingerprint density at radius 1 is 1.04 bits per heavy atom. The van der Waals surface area contributed by atoms with Gasteiger partial charge in [-0.15, -0.1) is 0 Å². The maximum Gasteiger partial charge on any atom is 0.265 e. The van der Waals surface area contributed by atoms with Gasteiger partial charge in [-0.05, 0) is 36.4 Å². The van der Waals surface area contributed by atoms with Gasteiger partial charge in [-0.25, -0.2) is 17.8 Å². The van der Waals surface area contributed by atoms with Crippen molar-refractivity contribution in [2.75, 3.05) is 42.4 Å². The lowest BCUT2D eigenvalue weighted by molar-refractivity contribution is 0.580. The second-order valence-electron chi connectivity index (χ2n) is 6.53. The highest BCUT2D eigenvalue weighted by molar-refractivity contribution is 7.92. The topological polar surface area (TPSA) is 78.4 Å². The fraction of sp³-hybridized carbons (Fsp3) is 0.263. The minimum absolute atomic E-state index is 0.00261. The number of nitrogens with zero attached hydrogens (tertiary/aromatic N) is 4. The van der Waals surface area contributed by atoms with E-state index in [2.05, 4.69) is 15.3 Å². The molecule has 1 saturated heterocycles. The fourth-order valence-corrected chi connectivity index (χ4v) is 4.34. The molecule has 0 saturated carbocycles. The number of hydrogen-bond donors (Lipinski definition) is 1. The van der Waals surface area contributed by atoms with Crippen LogP contribution in [0.2, 0.25) is 0 Å². The van der Waals surface area contributed by atoms with Gasteiger partial charge in [-0.3, -0.25) is 4.31 Å². The molecule has 0 amide bonds. The number of piperazine rings is 1. The molecule has 2 aromatic carbocycles. The third kappa shape index (κ3) is 3.38. The van der Waals surface area contributed by atoms with Crippen LogP contribution in [-0.4, -0.2) is 51.6 Å². The minimum Gasteiger partial charge on any atom is -0.338 e. The highest BCUT2D eigenvalue weighted by Crippen LogP contribution is 2.29. The summed E-state index contributed by atoms with van der Waals surface area (Å²) < 4.78 is 40.6. The lowest BCUT2D eigenvalue weighted by Gasteiger charge is -2.29. The molecular weight excluding hydrogens is 381 g/mol. The van der Waals surface area contributed by atoms with E-state index in [9.17, 15) is 12.8 Å². The second-order valence-corrected chi connectivity index (χ2v) is 8.50. The Hall–Kier alpha value is -2.78. The highest BCUT2D eigenvalue weighted by Gasteiger charge is 2.26. The lowest BCUT2D eigenvalue weighted by atomic mass is 10.2. The Balaban J connectivity index is 1.83. The summed E-state index contributed by atoms with van der Waals surface area (Å²) in [6.07, 6.45) is 0. The number of benzene rings is 2. The molecule has 1 aromatic heterocycles. The van der Waals surface area contributed by atoms with Crippen LogP contribution in [0.15, 0.2) is 53.4 Å². The zero-order valence-electron chi connectivity index (χ0n) is 15.3. The number of anilines is 2. The standard InChI is InChI=1S/C19H20FN5O2S/c1-24(28(26,27)15-8-6-14(20)7-9-15)18-16-4-2-3-5-17(16)22-19(23-18)25-12-10-21-11-13-25/h2-9,21H,10-13H2,1H3. The van der Waals surface area contributed by atoms with Crippen molar-refractivity contribution in [1.82, 2.24) is 15.3 Å². The van der Waals surface area contributed by atoms with Crippen LogP contribution in [0.3, 0.4) is 0 Å². The number of fused-ring (bicyclic) bond motifs is 1. The molecule has 7 nitrogen and oxygen atoms in total. The molecular formula is C19H20FN5O2S. The van der Waals surface area contributed by atoms with Gasteiger partial charge in [0, 0.05) is 38.6 Å². The summed E-state index contributed by atoms with van der Waals surface area (Å²) in [4.78, 5) is 11.3. The van der Waals surface area contributed by atoms with E-state index < -0.39 is 15.8 Å². The van der Waals surface area contributed by atoms with Gasteiger partial charge in [-0.2, -0.15) is 4.98 Å². The molecule has 0 unspecified atom stereocenters. The Morgan fingerprint density at radius 3 is 2.43 bits per heavy atom. The number of halogens is 1. The smallest absolute Gasteiger partial charge is 0.265 e. The average Bonchev–Trinajstić information content (AvgIpc) is 2.73. The van der Waals surface area contributed by atoms with Crippen molar-refractivity contribution in [3.8, 4) is 0 Å². The lowest BCUT2D eigenvalue weighted by Crippen LogP contribution is -2.44. The van der Waals surface area contributed by atoms with E-state index in [4.69, 9.17) is 0 Å². The van der Waals surface area contributed by atoms with Crippen molar-refractivity contribution in [2.24, 2.45) is 0 Å². The molecule has 28 heavy (non-hydrogen) atoms. The summed E-state index contributed by atoms with van der Waals surface area (Å²) in [6, 6.07) is 12.1. The average molecular weight is 401 g/mol. The summed E-state index contributed by atoms with van der Waals surface area (Å²) in [5.74, 6) is 0.301. The quantitative estimate of drug-likeness (QED) is 0.721. The molecule has 0 bridgehead atoms. The maximum atomic E-state index is 13.2. The van der Waals surface area contributed by atoms with Gasteiger partial charge in [-0.1, -0.05) is 12.1 Å². The molecule has 0 spiro atoms. The largest absolute Gasteiger partial charge is 0.338 e. The van der Waals surface area contributed by atoms with Crippen molar-refractivity contribution in [2.45, 2.75) is 4.90 Å². The van der Waals surface area contributed by atoms with E-state index in [1.165, 1.54) is 19.2 Å². The first-order chi connectivity index (χ1) is 13.5. The van der Waals surface area contributed by atoms with Crippen molar-refractivity contribution >= 4 is 32.7 Å². The van der Waals surface area contributed by atoms with Crippen LogP contribution in [0.4, 0.5) is 16.2 Å². The van der Waals surface area contributed by atoms with Crippen LogP contribution in [0.1, 0.15) is 0 Å². The van der Waals surface area contributed by atoms with E-state index in [-0.39, 0.29) is 4.90 Å². The number of rotatable bonds is 4. The third-order valence-electron chi connectivity index (χ3n) is 4.74. The molecule has 1 aliphatic heterocycles. The minimum atomic E-state index is -3.90. The van der Waals surface area contributed by atoms with E-state index in [0.717, 1.165) is 42.6 Å². The number of nitrogens with one attached hydrogen (secondary N) is 1. The van der Waals surface area contributed by atoms with Gasteiger partial charge < -0.3 is 10.2 Å². The summed E-state index contributed by atoms with van der Waals surface area (Å²) >= 11 is 0. The SMILES string of the molecule is CN(c1nc(N2CCNCC2)nc2ccccc12)S(=O)(=O)c1ccc(F)cc1. The summed E-state index contributed by atoms with van der Waals surface area (Å²) in [7, 11) is -2.45. The highest BCUT2D eigenvalue weighted by atomic mass is 32.2. The number of sulfonamides is 1. The zero-order chi connectivity index (χ0) is 19.7. The predicted octanol–water partition coefficient (Wildman–Crippen LogP) is 2.00. The van der Waals surface area contributed by atoms with Gasteiger partial charge >= 0.3 is 0 Å². The molecule has 1 aliphatic rings. The molecule has 9 heteroatoms. The predicted molar refractivity (Wildman–Crippen MR) is 107 cm³/mol. The Morgan fingerprint density at radius 2 is 1.71 bits per heavy atom. The maximum absolute atomic E-state index is 13.2. The second kappa shape index (κ2) is 7.33. The third-order valence-corrected chi connectivity index (χ3v) is 6.50. The number of para-hydroxylation sites is 1. The van der Waals surface area contributed by atoms with Crippen LogP contribution < -0.4 is 14.5 Å². The first kappa shape index (κ1) is 18.6. The van der Waals surface area contributed by atoms with Gasteiger partial charge in [0.05, 0.1) is 10.4 Å². The van der Waals surface area contributed by atoms with E-state index in [0.29, 0.717) is 22.7 Å². The van der Waals surface area contributed by atoms with Crippen LogP contribution in [-0.2, 0) is 10.0 Å². The van der Waals surface area contributed by atoms with Crippen LogP contribution in [0, 0.1) is 5.82 Å². The molecule has 3 aromatic rings. The van der Waals surface area contributed by atoms with Crippen molar-refractivity contribution in [3.63, 3.8) is 0 Å². The van der Waals surface area contributed by atoms with Crippen molar-refractivity contribution in [1.29, 1.82) is 0 Å². The van der Waals surface area contributed by atoms with Crippen molar-refractivity contribution < 1.29 is 12.8 Å². The molecule has 1 fully saturated rings. The van der Waals surface area contributed by atoms with Crippen molar-refractivity contribution in [3.05, 3.63) is 54.3 Å². The molecule has 146 valence electrons. The first-order valence-corrected chi connectivity index (χ1v) is 10.4.